The summed E-state index contributed by atoms with van der Waals surface area (Å²) in [5, 5.41) is 2.96. The SMILES string of the molecule is CCCOc1ccccc1NC(=O)CN(CC)Cc1ccc(OC)c(OC)c1. The standard InChI is InChI=1S/C22H30N2O4/c1-5-13-28-19-10-8-7-9-18(19)23-22(25)16-24(6-2)15-17-11-12-20(26-3)21(14-17)27-4/h7-12,14H,5-6,13,15-16H2,1-4H3,(H,23,25). The average Bonchev–Trinajstić information content (AvgIpc) is 2.72. The van der Waals surface area contributed by atoms with Crippen LogP contribution in [-0.2, 0) is 11.3 Å². The fraction of sp³-hybridized carbons (Fsp3) is 0.409. The third kappa shape index (κ3) is 6.16. The molecular formula is C22H30N2O4. The van der Waals surface area contributed by atoms with E-state index < -0.39 is 0 Å². The van der Waals surface area contributed by atoms with Gasteiger partial charge in [-0.3, -0.25) is 9.69 Å². The van der Waals surface area contributed by atoms with Crippen LogP contribution in [0.15, 0.2) is 42.5 Å². The Balaban J connectivity index is 2.00. The van der Waals surface area contributed by atoms with Crippen molar-refractivity contribution in [2.75, 3.05) is 39.2 Å². The molecule has 0 aliphatic carbocycles. The van der Waals surface area contributed by atoms with Crippen molar-refractivity contribution in [3.05, 3.63) is 48.0 Å². The Morgan fingerprint density at radius 2 is 1.75 bits per heavy atom. The zero-order chi connectivity index (χ0) is 20.4. The Bertz CT molecular complexity index is 764. The van der Waals surface area contributed by atoms with Gasteiger partial charge in [0.15, 0.2) is 11.5 Å². The van der Waals surface area contributed by atoms with Crippen LogP contribution < -0.4 is 19.5 Å². The number of carbonyl (C=O) groups is 1. The smallest absolute Gasteiger partial charge is 0.238 e. The second kappa shape index (κ2) is 11.2. The van der Waals surface area contributed by atoms with Crippen LogP contribution in [0.25, 0.3) is 0 Å². The molecule has 28 heavy (non-hydrogen) atoms. The van der Waals surface area contributed by atoms with Crippen molar-refractivity contribution in [2.45, 2.75) is 26.8 Å². The predicted octanol–water partition coefficient (Wildman–Crippen LogP) is 3.95. The number of hydrogen-bond donors (Lipinski definition) is 1. The van der Waals surface area contributed by atoms with Gasteiger partial charge in [-0.15, -0.1) is 0 Å². The van der Waals surface area contributed by atoms with E-state index in [-0.39, 0.29) is 12.5 Å². The van der Waals surface area contributed by atoms with E-state index in [9.17, 15) is 4.79 Å². The lowest BCUT2D eigenvalue weighted by Crippen LogP contribution is -2.32. The van der Waals surface area contributed by atoms with Crippen molar-refractivity contribution >= 4 is 11.6 Å². The third-order valence-corrected chi connectivity index (χ3v) is 4.29. The van der Waals surface area contributed by atoms with Crippen molar-refractivity contribution < 1.29 is 19.0 Å². The topological polar surface area (TPSA) is 60.0 Å². The van der Waals surface area contributed by atoms with E-state index in [1.54, 1.807) is 14.2 Å². The van der Waals surface area contributed by atoms with Crippen molar-refractivity contribution in [3.63, 3.8) is 0 Å². The molecule has 1 amide bonds. The summed E-state index contributed by atoms with van der Waals surface area (Å²) in [6.45, 7) is 6.37. The minimum Gasteiger partial charge on any atom is -0.493 e. The number of nitrogens with zero attached hydrogens (tertiary/aromatic N) is 1. The maximum Gasteiger partial charge on any atom is 0.238 e. The average molecular weight is 386 g/mol. The first-order valence-electron chi connectivity index (χ1n) is 9.56. The van der Waals surface area contributed by atoms with Crippen LogP contribution in [0.2, 0.25) is 0 Å². The van der Waals surface area contributed by atoms with Gasteiger partial charge in [0.25, 0.3) is 0 Å². The number of rotatable bonds is 11. The zero-order valence-corrected chi connectivity index (χ0v) is 17.2. The number of carbonyl (C=O) groups excluding carboxylic acids is 1. The maximum absolute atomic E-state index is 12.6. The number of anilines is 1. The molecule has 6 heteroatoms. The summed E-state index contributed by atoms with van der Waals surface area (Å²) in [6.07, 6.45) is 0.914. The minimum absolute atomic E-state index is 0.0742. The maximum atomic E-state index is 12.6. The summed E-state index contributed by atoms with van der Waals surface area (Å²) in [5.41, 5.74) is 1.75. The Kier molecular flexibility index (Phi) is 8.62. The largest absolute Gasteiger partial charge is 0.493 e. The van der Waals surface area contributed by atoms with E-state index >= 15 is 0 Å². The molecule has 2 rings (SSSR count). The van der Waals surface area contributed by atoms with Gasteiger partial charge in [-0.05, 0) is 42.8 Å². The Hall–Kier alpha value is -2.73. The van der Waals surface area contributed by atoms with Gasteiger partial charge in [-0.2, -0.15) is 0 Å². The van der Waals surface area contributed by atoms with Crippen LogP contribution in [0.5, 0.6) is 17.2 Å². The number of amides is 1. The van der Waals surface area contributed by atoms with Crippen molar-refractivity contribution in [1.29, 1.82) is 0 Å². The number of nitrogens with one attached hydrogen (secondary N) is 1. The molecule has 2 aromatic rings. The van der Waals surface area contributed by atoms with Gasteiger partial charge >= 0.3 is 0 Å². The quantitative estimate of drug-likeness (QED) is 0.634. The molecule has 0 aliphatic rings. The highest BCUT2D eigenvalue weighted by atomic mass is 16.5. The summed E-state index contributed by atoms with van der Waals surface area (Å²) in [6, 6.07) is 13.3. The molecule has 1 N–H and O–H groups in total. The summed E-state index contributed by atoms with van der Waals surface area (Å²) in [4.78, 5) is 14.6. The number of hydrogen-bond acceptors (Lipinski definition) is 5. The fourth-order valence-electron chi connectivity index (χ4n) is 2.82. The molecule has 0 saturated heterocycles. The van der Waals surface area contributed by atoms with E-state index in [1.165, 1.54) is 0 Å². The van der Waals surface area contributed by atoms with Crippen LogP contribution in [0.3, 0.4) is 0 Å². The molecule has 0 unspecified atom stereocenters. The number of methoxy groups -OCH3 is 2. The van der Waals surface area contributed by atoms with Crippen molar-refractivity contribution in [3.8, 4) is 17.2 Å². The fourth-order valence-corrected chi connectivity index (χ4v) is 2.82. The van der Waals surface area contributed by atoms with E-state index in [0.717, 1.165) is 18.5 Å². The lowest BCUT2D eigenvalue weighted by atomic mass is 10.2. The third-order valence-electron chi connectivity index (χ3n) is 4.29. The van der Waals surface area contributed by atoms with Gasteiger partial charge in [0.2, 0.25) is 5.91 Å². The van der Waals surface area contributed by atoms with E-state index in [1.807, 2.05) is 49.4 Å². The predicted molar refractivity (Wildman–Crippen MR) is 111 cm³/mol. The highest BCUT2D eigenvalue weighted by Crippen LogP contribution is 2.28. The molecule has 6 nitrogen and oxygen atoms in total. The van der Waals surface area contributed by atoms with Gasteiger partial charge in [0.05, 0.1) is 33.1 Å². The number of ether oxygens (including phenoxy) is 3. The second-order valence-corrected chi connectivity index (χ2v) is 6.39. The van der Waals surface area contributed by atoms with Crippen molar-refractivity contribution in [2.24, 2.45) is 0 Å². The molecule has 0 heterocycles. The molecular weight excluding hydrogens is 356 g/mol. The number of para-hydroxylation sites is 2. The Morgan fingerprint density at radius 3 is 2.43 bits per heavy atom. The van der Waals surface area contributed by atoms with Crippen LogP contribution in [0, 0.1) is 0 Å². The van der Waals surface area contributed by atoms with Gasteiger partial charge in [-0.1, -0.05) is 32.0 Å². The monoisotopic (exact) mass is 386 g/mol. The van der Waals surface area contributed by atoms with E-state index in [2.05, 4.69) is 17.1 Å². The first-order valence-corrected chi connectivity index (χ1v) is 9.56. The van der Waals surface area contributed by atoms with Crippen LogP contribution in [0.4, 0.5) is 5.69 Å². The highest BCUT2D eigenvalue weighted by molar-refractivity contribution is 5.93. The first-order chi connectivity index (χ1) is 13.6. The van der Waals surface area contributed by atoms with Gasteiger partial charge < -0.3 is 19.5 Å². The summed E-state index contributed by atoms with van der Waals surface area (Å²) in [5.74, 6) is 1.99. The molecule has 0 bridgehead atoms. The molecule has 0 aromatic heterocycles. The molecule has 0 radical (unpaired) electrons. The van der Waals surface area contributed by atoms with Crippen LogP contribution >= 0.6 is 0 Å². The number of likely N-dealkylation sites (N-methyl/N-ethyl adjacent to an activating group) is 1. The van der Waals surface area contributed by atoms with Crippen molar-refractivity contribution in [1.82, 2.24) is 4.90 Å². The van der Waals surface area contributed by atoms with Crippen LogP contribution in [-0.4, -0.2) is 44.7 Å². The van der Waals surface area contributed by atoms with E-state index in [0.29, 0.717) is 36.1 Å². The molecule has 0 atom stereocenters. The normalized spacial score (nSPS) is 10.6. The van der Waals surface area contributed by atoms with Crippen LogP contribution in [0.1, 0.15) is 25.8 Å². The minimum atomic E-state index is -0.0742. The summed E-state index contributed by atoms with van der Waals surface area (Å²) >= 11 is 0. The molecule has 0 saturated carbocycles. The first kappa shape index (κ1) is 21.6. The summed E-state index contributed by atoms with van der Waals surface area (Å²) < 4.78 is 16.3. The molecule has 0 spiro atoms. The Labute approximate surface area is 167 Å². The lowest BCUT2D eigenvalue weighted by Gasteiger charge is -2.21. The molecule has 0 aliphatic heterocycles. The summed E-state index contributed by atoms with van der Waals surface area (Å²) in [7, 11) is 3.23. The second-order valence-electron chi connectivity index (χ2n) is 6.39. The molecule has 152 valence electrons. The molecule has 0 fully saturated rings. The highest BCUT2D eigenvalue weighted by Gasteiger charge is 2.13. The zero-order valence-electron chi connectivity index (χ0n) is 17.2. The lowest BCUT2D eigenvalue weighted by molar-refractivity contribution is -0.117. The van der Waals surface area contributed by atoms with Gasteiger partial charge in [0.1, 0.15) is 5.75 Å². The van der Waals surface area contributed by atoms with Gasteiger partial charge in [0, 0.05) is 6.54 Å². The number of benzene rings is 2. The van der Waals surface area contributed by atoms with E-state index in [4.69, 9.17) is 14.2 Å². The Morgan fingerprint density at radius 1 is 1.00 bits per heavy atom. The molecule has 2 aromatic carbocycles. The van der Waals surface area contributed by atoms with Gasteiger partial charge in [-0.25, -0.2) is 0 Å².